The van der Waals surface area contributed by atoms with Crippen molar-refractivity contribution in [2.24, 2.45) is 0 Å². The second-order valence-electron chi connectivity index (χ2n) is 6.91. The number of nitrogens with zero attached hydrogens (tertiary/aromatic N) is 1. The first kappa shape index (κ1) is 19.5. The van der Waals surface area contributed by atoms with Gasteiger partial charge in [-0.05, 0) is 88.9 Å². The highest BCUT2D eigenvalue weighted by Gasteiger charge is 2.25. The minimum atomic E-state index is -0.968. The van der Waals surface area contributed by atoms with E-state index in [1.54, 1.807) is 18.3 Å². The van der Waals surface area contributed by atoms with Gasteiger partial charge in [-0.1, -0.05) is 6.07 Å². The molecule has 150 valence electrons. The maximum Gasteiger partial charge on any atom is 0.307 e. The molecule has 6 heteroatoms. The van der Waals surface area contributed by atoms with Gasteiger partial charge in [-0.2, -0.15) is 0 Å². The number of aromatic nitrogens is 1. The quantitative estimate of drug-likeness (QED) is 0.569. The number of rotatable bonds is 5. The number of aliphatic carboxylic acids is 1. The second kappa shape index (κ2) is 7.91. The zero-order valence-electron chi connectivity index (χ0n) is 16.0. The first-order chi connectivity index (χ1) is 14.4. The summed E-state index contributed by atoms with van der Waals surface area (Å²) in [5, 5.41) is 9.24. The standard InChI is InChI=1S/C24H17F2NO3/c1-14-20(19-8-5-17(26)11-22(19)21(14)12-24(28)29)10-15-2-9-23(27-13-15)30-18-6-3-16(25)4-7-18/h2-11,13H,12H2,1H3,(H,28,29)/b20-10-. The summed E-state index contributed by atoms with van der Waals surface area (Å²) in [6, 6.07) is 13.5. The Bertz CT molecular complexity index is 1180. The van der Waals surface area contributed by atoms with E-state index in [2.05, 4.69) is 4.98 Å². The number of hydrogen-bond donors (Lipinski definition) is 1. The molecule has 0 bridgehead atoms. The number of allylic oxidation sites excluding steroid dienone is 2. The van der Waals surface area contributed by atoms with Crippen LogP contribution in [-0.4, -0.2) is 16.1 Å². The molecule has 1 aromatic heterocycles. The molecule has 1 aliphatic carbocycles. The van der Waals surface area contributed by atoms with Crippen molar-refractivity contribution in [3.63, 3.8) is 0 Å². The smallest absolute Gasteiger partial charge is 0.307 e. The molecule has 0 saturated carbocycles. The molecule has 0 unspecified atom stereocenters. The number of carboxylic acids is 1. The molecule has 0 radical (unpaired) electrons. The number of pyridine rings is 1. The predicted octanol–water partition coefficient (Wildman–Crippen LogP) is 5.95. The van der Waals surface area contributed by atoms with Gasteiger partial charge < -0.3 is 9.84 Å². The fourth-order valence-corrected chi connectivity index (χ4v) is 3.46. The highest BCUT2D eigenvalue weighted by atomic mass is 19.1. The summed E-state index contributed by atoms with van der Waals surface area (Å²) in [5.74, 6) is -0.894. The third-order valence-corrected chi connectivity index (χ3v) is 4.89. The van der Waals surface area contributed by atoms with Crippen molar-refractivity contribution in [2.45, 2.75) is 13.3 Å². The van der Waals surface area contributed by atoms with Crippen LogP contribution in [0.15, 0.2) is 66.4 Å². The lowest BCUT2D eigenvalue weighted by Gasteiger charge is -2.06. The fraction of sp³-hybridized carbons (Fsp3) is 0.0833. The highest BCUT2D eigenvalue weighted by Crippen LogP contribution is 2.43. The molecule has 0 fully saturated rings. The number of carboxylic acid groups (broad SMARTS) is 1. The second-order valence-corrected chi connectivity index (χ2v) is 6.91. The third kappa shape index (κ3) is 3.98. The Labute approximate surface area is 171 Å². The molecule has 4 nitrogen and oxygen atoms in total. The van der Waals surface area contributed by atoms with E-state index in [-0.39, 0.29) is 12.2 Å². The van der Waals surface area contributed by atoms with Gasteiger partial charge >= 0.3 is 5.97 Å². The summed E-state index contributed by atoms with van der Waals surface area (Å²) in [6.07, 6.45) is 3.33. The Morgan fingerprint density at radius 2 is 1.77 bits per heavy atom. The summed E-state index contributed by atoms with van der Waals surface area (Å²) in [4.78, 5) is 15.5. The third-order valence-electron chi connectivity index (χ3n) is 4.89. The van der Waals surface area contributed by atoms with E-state index >= 15 is 0 Å². The zero-order valence-corrected chi connectivity index (χ0v) is 16.0. The summed E-state index contributed by atoms with van der Waals surface area (Å²) in [6.45, 7) is 1.83. The van der Waals surface area contributed by atoms with E-state index in [1.807, 2.05) is 19.1 Å². The molecular formula is C24H17F2NO3. The number of hydrogen-bond acceptors (Lipinski definition) is 3. The van der Waals surface area contributed by atoms with E-state index in [1.165, 1.54) is 36.4 Å². The molecule has 1 N–H and O–H groups in total. The van der Waals surface area contributed by atoms with E-state index in [0.29, 0.717) is 22.8 Å². The van der Waals surface area contributed by atoms with Crippen LogP contribution in [0.5, 0.6) is 11.6 Å². The Kier molecular flexibility index (Phi) is 5.14. The van der Waals surface area contributed by atoms with Crippen LogP contribution in [0.4, 0.5) is 8.78 Å². The lowest BCUT2D eigenvalue weighted by atomic mass is 10.0. The van der Waals surface area contributed by atoms with Crippen LogP contribution in [0.2, 0.25) is 0 Å². The van der Waals surface area contributed by atoms with Gasteiger partial charge in [-0.25, -0.2) is 13.8 Å². The lowest BCUT2D eigenvalue weighted by molar-refractivity contribution is -0.135. The van der Waals surface area contributed by atoms with Crippen LogP contribution in [0.1, 0.15) is 30.0 Å². The van der Waals surface area contributed by atoms with E-state index in [4.69, 9.17) is 4.74 Å². The lowest BCUT2D eigenvalue weighted by Crippen LogP contribution is -1.97. The summed E-state index contributed by atoms with van der Waals surface area (Å²) in [5.41, 5.74) is 4.40. The first-order valence-corrected chi connectivity index (χ1v) is 9.24. The maximum atomic E-state index is 13.8. The summed E-state index contributed by atoms with van der Waals surface area (Å²) >= 11 is 0. The molecule has 4 rings (SSSR count). The van der Waals surface area contributed by atoms with Gasteiger partial charge in [0.2, 0.25) is 5.88 Å². The number of ether oxygens (including phenoxy) is 1. The van der Waals surface area contributed by atoms with Crippen molar-refractivity contribution in [3.8, 4) is 11.6 Å². The van der Waals surface area contributed by atoms with Gasteiger partial charge in [0.05, 0.1) is 6.42 Å². The number of carbonyl (C=O) groups is 1. The molecule has 2 aromatic carbocycles. The predicted molar refractivity (Wildman–Crippen MR) is 110 cm³/mol. The molecule has 30 heavy (non-hydrogen) atoms. The van der Waals surface area contributed by atoms with Gasteiger partial charge in [-0.3, -0.25) is 4.79 Å². The van der Waals surface area contributed by atoms with Crippen molar-refractivity contribution in [1.82, 2.24) is 4.98 Å². The van der Waals surface area contributed by atoms with Crippen LogP contribution in [0, 0.1) is 11.6 Å². The Balaban J connectivity index is 1.64. The van der Waals surface area contributed by atoms with Crippen molar-refractivity contribution >= 4 is 23.2 Å². The Morgan fingerprint density at radius 3 is 2.43 bits per heavy atom. The SMILES string of the molecule is CC1=C(CC(=O)O)c2cc(F)ccc2/C1=C\c1ccc(Oc2ccc(F)cc2)nc1. The minimum absolute atomic E-state index is 0.178. The van der Waals surface area contributed by atoms with Gasteiger partial charge in [0.1, 0.15) is 17.4 Å². The molecule has 1 heterocycles. The number of halogens is 2. The van der Waals surface area contributed by atoms with Gasteiger partial charge in [0.15, 0.2) is 0 Å². The molecule has 0 saturated heterocycles. The van der Waals surface area contributed by atoms with E-state index < -0.39 is 11.8 Å². The molecule has 0 aliphatic heterocycles. The minimum Gasteiger partial charge on any atom is -0.481 e. The molecule has 0 amide bonds. The van der Waals surface area contributed by atoms with Crippen LogP contribution in [-0.2, 0) is 4.79 Å². The van der Waals surface area contributed by atoms with Crippen LogP contribution in [0.25, 0.3) is 17.2 Å². The largest absolute Gasteiger partial charge is 0.481 e. The van der Waals surface area contributed by atoms with Gasteiger partial charge in [0, 0.05) is 12.3 Å². The van der Waals surface area contributed by atoms with Crippen molar-refractivity contribution in [1.29, 1.82) is 0 Å². The van der Waals surface area contributed by atoms with Crippen molar-refractivity contribution in [3.05, 3.63) is 94.7 Å². The topological polar surface area (TPSA) is 59.4 Å². The van der Waals surface area contributed by atoms with E-state index in [0.717, 1.165) is 22.3 Å². The highest BCUT2D eigenvalue weighted by molar-refractivity contribution is 6.07. The van der Waals surface area contributed by atoms with Crippen molar-refractivity contribution in [2.75, 3.05) is 0 Å². The first-order valence-electron chi connectivity index (χ1n) is 9.24. The fourth-order valence-electron chi connectivity index (χ4n) is 3.46. The monoisotopic (exact) mass is 405 g/mol. The van der Waals surface area contributed by atoms with Crippen molar-refractivity contribution < 1.29 is 23.4 Å². The normalized spacial score (nSPS) is 14.2. The Hall–Kier alpha value is -3.80. The summed E-state index contributed by atoms with van der Waals surface area (Å²) in [7, 11) is 0. The molecule has 3 aromatic rings. The molecule has 0 atom stereocenters. The average molecular weight is 405 g/mol. The van der Waals surface area contributed by atoms with Gasteiger partial charge in [-0.15, -0.1) is 0 Å². The van der Waals surface area contributed by atoms with Gasteiger partial charge in [0.25, 0.3) is 0 Å². The molecule has 0 spiro atoms. The van der Waals surface area contributed by atoms with Crippen LogP contribution in [0.3, 0.4) is 0 Å². The molecule has 1 aliphatic rings. The van der Waals surface area contributed by atoms with E-state index in [9.17, 15) is 18.7 Å². The number of benzene rings is 2. The maximum absolute atomic E-state index is 13.8. The van der Waals surface area contributed by atoms with Crippen LogP contribution < -0.4 is 4.74 Å². The average Bonchev–Trinajstić information content (AvgIpc) is 2.96. The summed E-state index contributed by atoms with van der Waals surface area (Å²) < 4.78 is 32.4. The zero-order chi connectivity index (χ0) is 21.3. The van der Waals surface area contributed by atoms with Crippen LogP contribution >= 0.6 is 0 Å². The number of fused-ring (bicyclic) bond motifs is 1. The molecular weight excluding hydrogens is 388 g/mol. The Morgan fingerprint density at radius 1 is 1.03 bits per heavy atom.